The van der Waals surface area contributed by atoms with Gasteiger partial charge in [-0.2, -0.15) is 0 Å². The first kappa shape index (κ1) is 16.2. The van der Waals surface area contributed by atoms with E-state index in [4.69, 9.17) is 5.73 Å². The van der Waals surface area contributed by atoms with E-state index in [2.05, 4.69) is 10.6 Å². The Morgan fingerprint density at radius 3 is 2.50 bits per heavy atom. The lowest BCUT2D eigenvalue weighted by atomic mass is 10.0. The highest BCUT2D eigenvalue weighted by molar-refractivity contribution is 5.88. The minimum Gasteiger partial charge on any atom is -0.354 e. The summed E-state index contributed by atoms with van der Waals surface area (Å²) in [4.78, 5) is 23.6. The maximum Gasteiger partial charge on any atom is 0.242 e. The summed E-state index contributed by atoms with van der Waals surface area (Å²) in [6, 6.07) is 7.02. The fraction of sp³-hybridized carbons (Fsp3) is 0.467. The summed E-state index contributed by atoms with van der Waals surface area (Å²) in [6.07, 6.45) is 1.11. The van der Waals surface area contributed by atoms with E-state index in [9.17, 15) is 9.59 Å². The fourth-order valence-corrected chi connectivity index (χ4v) is 1.86. The van der Waals surface area contributed by atoms with Crippen molar-refractivity contribution < 1.29 is 9.59 Å². The van der Waals surface area contributed by atoms with Gasteiger partial charge in [0.25, 0.3) is 0 Å². The van der Waals surface area contributed by atoms with Crippen LogP contribution in [0.4, 0.5) is 0 Å². The van der Waals surface area contributed by atoms with Crippen molar-refractivity contribution in [1.82, 2.24) is 10.6 Å². The first-order valence-corrected chi connectivity index (χ1v) is 6.92. The third kappa shape index (κ3) is 5.01. The normalized spacial score (nSPS) is 11.8. The van der Waals surface area contributed by atoms with Crippen molar-refractivity contribution in [3.63, 3.8) is 0 Å². The number of nitrogens with two attached hydrogens (primary N) is 1. The van der Waals surface area contributed by atoms with Gasteiger partial charge in [-0.3, -0.25) is 9.59 Å². The standard InChI is InChI=1S/C15H23N3O2/c1-3-8-17-15(20)11(2)18-14(19)9-12-6-4-5-7-13(12)10-16/h4-7,11H,3,8-10,16H2,1-2H3,(H,17,20)(H,18,19). The van der Waals surface area contributed by atoms with E-state index in [1.807, 2.05) is 31.2 Å². The molecule has 110 valence electrons. The second kappa shape index (κ2) is 8.32. The fourth-order valence-electron chi connectivity index (χ4n) is 1.86. The van der Waals surface area contributed by atoms with Gasteiger partial charge in [0, 0.05) is 13.1 Å². The molecule has 2 amide bonds. The Bertz CT molecular complexity index is 460. The Morgan fingerprint density at radius 2 is 1.90 bits per heavy atom. The third-order valence-corrected chi connectivity index (χ3v) is 3.01. The molecule has 0 saturated carbocycles. The molecule has 0 aromatic heterocycles. The smallest absolute Gasteiger partial charge is 0.242 e. The van der Waals surface area contributed by atoms with Gasteiger partial charge >= 0.3 is 0 Å². The Kier molecular flexibility index (Phi) is 6.73. The first-order chi connectivity index (χ1) is 9.58. The number of carbonyl (C=O) groups excluding carboxylic acids is 2. The van der Waals surface area contributed by atoms with Gasteiger partial charge in [-0.15, -0.1) is 0 Å². The van der Waals surface area contributed by atoms with Gasteiger partial charge in [-0.1, -0.05) is 31.2 Å². The lowest BCUT2D eigenvalue weighted by Gasteiger charge is -2.14. The number of nitrogens with one attached hydrogen (secondary N) is 2. The molecule has 1 rings (SSSR count). The van der Waals surface area contributed by atoms with Gasteiger partial charge in [0.05, 0.1) is 6.42 Å². The van der Waals surface area contributed by atoms with Crippen molar-refractivity contribution >= 4 is 11.8 Å². The molecule has 0 bridgehead atoms. The van der Waals surface area contributed by atoms with Crippen LogP contribution >= 0.6 is 0 Å². The molecule has 0 aliphatic rings. The summed E-state index contributed by atoms with van der Waals surface area (Å²) in [5.74, 6) is -0.336. The van der Waals surface area contributed by atoms with Crippen LogP contribution in [0, 0.1) is 0 Å². The monoisotopic (exact) mass is 277 g/mol. The molecule has 1 unspecified atom stereocenters. The van der Waals surface area contributed by atoms with E-state index in [1.54, 1.807) is 6.92 Å². The first-order valence-electron chi connectivity index (χ1n) is 6.92. The van der Waals surface area contributed by atoms with Crippen LogP contribution in [0.25, 0.3) is 0 Å². The van der Waals surface area contributed by atoms with Crippen LogP contribution in [-0.2, 0) is 22.6 Å². The number of hydrogen-bond acceptors (Lipinski definition) is 3. The Hall–Kier alpha value is -1.88. The molecule has 1 aromatic rings. The molecular formula is C15H23N3O2. The summed E-state index contributed by atoms with van der Waals surface area (Å²) in [5, 5.41) is 5.45. The minimum absolute atomic E-state index is 0.160. The van der Waals surface area contributed by atoms with E-state index in [0.717, 1.165) is 17.5 Å². The van der Waals surface area contributed by atoms with E-state index >= 15 is 0 Å². The van der Waals surface area contributed by atoms with Gasteiger partial charge in [-0.05, 0) is 24.5 Å². The average molecular weight is 277 g/mol. The van der Waals surface area contributed by atoms with Crippen LogP contribution in [0.5, 0.6) is 0 Å². The van der Waals surface area contributed by atoms with Crippen molar-refractivity contribution in [3.8, 4) is 0 Å². The van der Waals surface area contributed by atoms with Gasteiger partial charge in [0.1, 0.15) is 6.04 Å². The predicted octanol–water partition coefficient (Wildman–Crippen LogP) is 0.719. The lowest BCUT2D eigenvalue weighted by molar-refractivity contribution is -0.128. The number of hydrogen-bond donors (Lipinski definition) is 3. The topological polar surface area (TPSA) is 84.2 Å². The van der Waals surface area contributed by atoms with Gasteiger partial charge < -0.3 is 16.4 Å². The number of amides is 2. The second-order valence-corrected chi connectivity index (χ2v) is 4.73. The highest BCUT2D eigenvalue weighted by atomic mass is 16.2. The molecule has 5 nitrogen and oxygen atoms in total. The van der Waals surface area contributed by atoms with Gasteiger partial charge in [-0.25, -0.2) is 0 Å². The number of carbonyl (C=O) groups is 2. The molecule has 1 aromatic carbocycles. The lowest BCUT2D eigenvalue weighted by Crippen LogP contribution is -2.45. The van der Waals surface area contributed by atoms with Gasteiger partial charge in [0.2, 0.25) is 11.8 Å². The maximum atomic E-state index is 11.9. The van der Waals surface area contributed by atoms with Crippen molar-refractivity contribution in [2.75, 3.05) is 6.54 Å². The quantitative estimate of drug-likeness (QED) is 0.686. The second-order valence-electron chi connectivity index (χ2n) is 4.73. The molecule has 0 aliphatic carbocycles. The molecule has 5 heteroatoms. The van der Waals surface area contributed by atoms with Crippen LogP contribution in [0.1, 0.15) is 31.4 Å². The largest absolute Gasteiger partial charge is 0.354 e. The minimum atomic E-state index is -0.529. The summed E-state index contributed by atoms with van der Waals surface area (Å²) >= 11 is 0. The van der Waals surface area contributed by atoms with E-state index < -0.39 is 6.04 Å². The van der Waals surface area contributed by atoms with Crippen LogP contribution in [0.3, 0.4) is 0 Å². The highest BCUT2D eigenvalue weighted by Crippen LogP contribution is 2.08. The zero-order valence-electron chi connectivity index (χ0n) is 12.1. The van der Waals surface area contributed by atoms with E-state index in [1.165, 1.54) is 0 Å². The van der Waals surface area contributed by atoms with Crippen molar-refractivity contribution in [3.05, 3.63) is 35.4 Å². The predicted molar refractivity (Wildman–Crippen MR) is 78.9 cm³/mol. The molecule has 0 heterocycles. The molecule has 20 heavy (non-hydrogen) atoms. The molecule has 0 aliphatic heterocycles. The van der Waals surface area contributed by atoms with Crippen LogP contribution in [0.15, 0.2) is 24.3 Å². The Labute approximate surface area is 119 Å². The summed E-state index contributed by atoms with van der Waals surface area (Å²) < 4.78 is 0. The molecule has 0 spiro atoms. The highest BCUT2D eigenvalue weighted by Gasteiger charge is 2.15. The molecule has 1 atom stereocenters. The molecule has 4 N–H and O–H groups in total. The van der Waals surface area contributed by atoms with Crippen molar-refractivity contribution in [1.29, 1.82) is 0 Å². The number of benzene rings is 1. The Balaban J connectivity index is 2.53. The van der Waals surface area contributed by atoms with Crippen molar-refractivity contribution in [2.45, 2.75) is 39.3 Å². The van der Waals surface area contributed by atoms with Gasteiger partial charge in [0.15, 0.2) is 0 Å². The third-order valence-electron chi connectivity index (χ3n) is 3.01. The molecule has 0 radical (unpaired) electrons. The van der Waals surface area contributed by atoms with Crippen LogP contribution < -0.4 is 16.4 Å². The summed E-state index contributed by atoms with van der Waals surface area (Å²) in [6.45, 7) is 4.68. The summed E-state index contributed by atoms with van der Waals surface area (Å²) in [7, 11) is 0. The maximum absolute atomic E-state index is 11.9. The van der Waals surface area contributed by atoms with Crippen LogP contribution in [0.2, 0.25) is 0 Å². The summed E-state index contributed by atoms with van der Waals surface area (Å²) in [5.41, 5.74) is 7.48. The molecular weight excluding hydrogens is 254 g/mol. The Morgan fingerprint density at radius 1 is 1.25 bits per heavy atom. The SMILES string of the molecule is CCCNC(=O)C(C)NC(=O)Cc1ccccc1CN. The molecule has 0 saturated heterocycles. The van der Waals surface area contributed by atoms with E-state index in [-0.39, 0.29) is 18.2 Å². The van der Waals surface area contributed by atoms with E-state index in [0.29, 0.717) is 13.1 Å². The van der Waals surface area contributed by atoms with Crippen LogP contribution in [-0.4, -0.2) is 24.4 Å². The average Bonchev–Trinajstić information content (AvgIpc) is 2.45. The molecule has 0 fully saturated rings. The number of rotatable bonds is 7. The zero-order valence-corrected chi connectivity index (χ0v) is 12.1. The van der Waals surface area contributed by atoms with Crippen molar-refractivity contribution in [2.24, 2.45) is 5.73 Å². The zero-order chi connectivity index (χ0) is 15.0.